The number of hydrogen-bond donors (Lipinski definition) is 1. The van der Waals surface area contributed by atoms with Crippen LogP contribution in [-0.2, 0) is 0 Å². The van der Waals surface area contributed by atoms with Crippen molar-refractivity contribution in [3.63, 3.8) is 0 Å². The Bertz CT molecular complexity index is 276. The first-order valence-corrected chi connectivity index (χ1v) is 4.07. The van der Waals surface area contributed by atoms with Gasteiger partial charge in [0.1, 0.15) is 0 Å². The zero-order valence-corrected chi connectivity index (χ0v) is 7.73. The molecular formula is C7H12N2OS. The van der Waals surface area contributed by atoms with Crippen molar-refractivity contribution in [2.45, 2.75) is 26.7 Å². The van der Waals surface area contributed by atoms with Gasteiger partial charge in [0.25, 0.3) is 4.84 Å². The summed E-state index contributed by atoms with van der Waals surface area (Å²) >= 11 is 4.75. The van der Waals surface area contributed by atoms with E-state index in [0.717, 1.165) is 0 Å². The fourth-order valence-corrected chi connectivity index (χ4v) is 0.852. The molecule has 0 bridgehead atoms. The second kappa shape index (κ2) is 3.17. The summed E-state index contributed by atoms with van der Waals surface area (Å²) in [5.41, 5.74) is 0. The molecule has 0 amide bonds. The van der Waals surface area contributed by atoms with Crippen molar-refractivity contribution < 1.29 is 4.42 Å². The Morgan fingerprint density at radius 3 is 2.45 bits per heavy atom. The number of nitrogens with one attached hydrogen (secondary N) is 1. The fraction of sp³-hybridized carbons (Fsp3) is 0.714. The van der Waals surface area contributed by atoms with Gasteiger partial charge in [-0.2, -0.15) is 0 Å². The minimum Gasteiger partial charge on any atom is -0.414 e. The van der Waals surface area contributed by atoms with Crippen LogP contribution in [0.2, 0.25) is 0 Å². The summed E-state index contributed by atoms with van der Waals surface area (Å²) in [7, 11) is 0. The molecule has 0 saturated carbocycles. The molecule has 3 nitrogen and oxygen atoms in total. The predicted molar refractivity (Wildman–Crippen MR) is 44.9 cm³/mol. The molecule has 1 aromatic heterocycles. The molecule has 1 N–H and O–H groups in total. The van der Waals surface area contributed by atoms with Gasteiger partial charge in [-0.25, -0.2) is 5.10 Å². The molecular weight excluding hydrogens is 160 g/mol. The monoisotopic (exact) mass is 172 g/mol. The summed E-state index contributed by atoms with van der Waals surface area (Å²) in [6.07, 6.45) is 0. The van der Waals surface area contributed by atoms with E-state index >= 15 is 0 Å². The van der Waals surface area contributed by atoms with Crippen molar-refractivity contribution in [1.29, 1.82) is 0 Å². The molecule has 0 saturated heterocycles. The molecule has 1 rings (SSSR count). The molecule has 0 aliphatic rings. The molecule has 11 heavy (non-hydrogen) atoms. The van der Waals surface area contributed by atoms with Crippen molar-refractivity contribution in [3.05, 3.63) is 10.7 Å². The summed E-state index contributed by atoms with van der Waals surface area (Å²) in [5.74, 6) is 1.55. The molecule has 1 aromatic rings. The van der Waals surface area contributed by atoms with Gasteiger partial charge in [0.15, 0.2) is 0 Å². The number of nitrogens with zero attached hydrogens (tertiary/aromatic N) is 1. The van der Waals surface area contributed by atoms with E-state index in [2.05, 4.69) is 31.0 Å². The van der Waals surface area contributed by atoms with Crippen molar-refractivity contribution in [3.8, 4) is 0 Å². The van der Waals surface area contributed by atoms with Gasteiger partial charge >= 0.3 is 0 Å². The summed E-state index contributed by atoms with van der Waals surface area (Å²) < 4.78 is 5.15. The lowest BCUT2D eigenvalue weighted by atomic mass is 9.98. The summed E-state index contributed by atoms with van der Waals surface area (Å²) in [4.78, 5) is 0.354. The number of hydrogen-bond acceptors (Lipinski definition) is 3. The summed E-state index contributed by atoms with van der Waals surface area (Å²) in [5, 5.41) is 6.54. The zero-order chi connectivity index (χ0) is 8.43. The first kappa shape index (κ1) is 8.46. The smallest absolute Gasteiger partial charge is 0.284 e. The van der Waals surface area contributed by atoms with Gasteiger partial charge in [-0.1, -0.05) is 20.8 Å². The van der Waals surface area contributed by atoms with Crippen LogP contribution < -0.4 is 0 Å². The van der Waals surface area contributed by atoms with Crippen LogP contribution in [0.1, 0.15) is 32.6 Å². The van der Waals surface area contributed by atoms with E-state index in [4.69, 9.17) is 16.6 Å². The second-order valence-corrected chi connectivity index (χ2v) is 3.35. The van der Waals surface area contributed by atoms with Gasteiger partial charge in [-0.3, -0.25) is 0 Å². The van der Waals surface area contributed by atoms with E-state index in [-0.39, 0.29) is 0 Å². The van der Waals surface area contributed by atoms with Gasteiger partial charge < -0.3 is 4.42 Å². The maximum Gasteiger partial charge on any atom is 0.284 e. The molecule has 1 heterocycles. The van der Waals surface area contributed by atoms with E-state index in [1.54, 1.807) is 0 Å². The third-order valence-corrected chi connectivity index (χ3v) is 2.02. The Hall–Kier alpha value is -0.640. The Kier molecular flexibility index (Phi) is 2.44. The average Bonchev–Trinajstić information content (AvgIpc) is 2.34. The molecule has 1 unspecified atom stereocenters. The van der Waals surface area contributed by atoms with E-state index in [1.165, 1.54) is 0 Å². The standard InChI is InChI=1S/C7H12N2OS/c1-4(2)5(3)6-8-9-7(11)10-6/h4-5H,1-3H3,(H,9,11). The van der Waals surface area contributed by atoms with E-state index in [0.29, 0.717) is 22.6 Å². The highest BCUT2D eigenvalue weighted by atomic mass is 32.1. The van der Waals surface area contributed by atoms with Gasteiger partial charge in [0.2, 0.25) is 5.89 Å². The number of H-pyrrole nitrogens is 1. The molecule has 0 fully saturated rings. The SMILES string of the molecule is CC(C)C(C)c1n[nH]c(=S)o1. The van der Waals surface area contributed by atoms with Crippen LogP contribution in [0.3, 0.4) is 0 Å². The number of aromatic nitrogens is 2. The normalized spacial score (nSPS) is 13.8. The van der Waals surface area contributed by atoms with Gasteiger partial charge in [-0.15, -0.1) is 5.10 Å². The Morgan fingerprint density at radius 1 is 1.45 bits per heavy atom. The van der Waals surface area contributed by atoms with Gasteiger partial charge in [0.05, 0.1) is 0 Å². The van der Waals surface area contributed by atoms with Gasteiger partial charge in [0, 0.05) is 5.92 Å². The molecule has 0 aromatic carbocycles. The van der Waals surface area contributed by atoms with E-state index in [1.807, 2.05) is 0 Å². The van der Waals surface area contributed by atoms with Crippen LogP contribution in [0, 0.1) is 10.8 Å². The van der Waals surface area contributed by atoms with Crippen molar-refractivity contribution in [2.75, 3.05) is 0 Å². The van der Waals surface area contributed by atoms with Crippen LogP contribution in [0.4, 0.5) is 0 Å². The minimum atomic E-state index is 0.322. The van der Waals surface area contributed by atoms with Crippen LogP contribution in [0.5, 0.6) is 0 Å². The van der Waals surface area contributed by atoms with Crippen LogP contribution in [0.15, 0.2) is 4.42 Å². The van der Waals surface area contributed by atoms with Crippen LogP contribution >= 0.6 is 12.2 Å². The molecule has 1 atom stereocenters. The highest BCUT2D eigenvalue weighted by Crippen LogP contribution is 2.20. The Labute approximate surface area is 70.8 Å². The molecule has 62 valence electrons. The maximum absolute atomic E-state index is 5.15. The Balaban J connectivity index is 2.84. The minimum absolute atomic E-state index is 0.322. The highest BCUT2D eigenvalue weighted by molar-refractivity contribution is 7.71. The second-order valence-electron chi connectivity index (χ2n) is 2.98. The lowest BCUT2D eigenvalue weighted by Crippen LogP contribution is -2.01. The quantitative estimate of drug-likeness (QED) is 0.697. The van der Waals surface area contributed by atoms with Crippen molar-refractivity contribution in [1.82, 2.24) is 10.2 Å². The molecule has 0 spiro atoms. The lowest BCUT2D eigenvalue weighted by Gasteiger charge is -2.08. The first-order chi connectivity index (χ1) is 5.11. The largest absolute Gasteiger partial charge is 0.414 e. The average molecular weight is 172 g/mol. The third kappa shape index (κ3) is 1.89. The van der Waals surface area contributed by atoms with E-state index < -0.39 is 0 Å². The number of aromatic amines is 1. The third-order valence-electron chi connectivity index (χ3n) is 1.84. The summed E-state index contributed by atoms with van der Waals surface area (Å²) in [6.45, 7) is 6.31. The molecule has 4 heteroatoms. The predicted octanol–water partition coefficient (Wildman–Crippen LogP) is 2.49. The molecule has 0 radical (unpaired) electrons. The zero-order valence-electron chi connectivity index (χ0n) is 6.92. The van der Waals surface area contributed by atoms with E-state index in [9.17, 15) is 0 Å². The van der Waals surface area contributed by atoms with Crippen LogP contribution in [0.25, 0.3) is 0 Å². The molecule has 0 aliphatic heterocycles. The topological polar surface area (TPSA) is 41.8 Å². The first-order valence-electron chi connectivity index (χ1n) is 3.66. The lowest BCUT2D eigenvalue weighted by molar-refractivity contribution is 0.394. The maximum atomic E-state index is 5.15. The van der Waals surface area contributed by atoms with Crippen LogP contribution in [-0.4, -0.2) is 10.2 Å². The Morgan fingerprint density at radius 2 is 2.09 bits per heavy atom. The molecule has 0 aliphatic carbocycles. The fourth-order valence-electron chi connectivity index (χ4n) is 0.721. The van der Waals surface area contributed by atoms with Crippen molar-refractivity contribution in [2.24, 2.45) is 5.92 Å². The number of rotatable bonds is 2. The van der Waals surface area contributed by atoms with Crippen molar-refractivity contribution >= 4 is 12.2 Å². The highest BCUT2D eigenvalue weighted by Gasteiger charge is 2.14. The summed E-state index contributed by atoms with van der Waals surface area (Å²) in [6, 6.07) is 0. The van der Waals surface area contributed by atoms with Gasteiger partial charge in [-0.05, 0) is 18.1 Å².